The Kier molecular flexibility index (Phi) is 6.60. The summed E-state index contributed by atoms with van der Waals surface area (Å²) >= 11 is 6.32. The van der Waals surface area contributed by atoms with E-state index in [0.717, 1.165) is 31.5 Å². The van der Waals surface area contributed by atoms with Gasteiger partial charge >= 0.3 is 6.18 Å². The summed E-state index contributed by atoms with van der Waals surface area (Å²) < 4.78 is 73.8. The van der Waals surface area contributed by atoms with Gasteiger partial charge in [-0.3, -0.25) is 9.59 Å². The molecule has 7 nitrogen and oxygen atoms in total. The number of fused-ring (bicyclic) bond motifs is 2. The van der Waals surface area contributed by atoms with Crippen LogP contribution in [0.2, 0.25) is 5.02 Å². The molecule has 2 amide bonds. The molecule has 0 aromatic heterocycles. The van der Waals surface area contributed by atoms with Crippen molar-refractivity contribution in [2.24, 2.45) is 4.99 Å². The average Bonchev–Trinajstić information content (AvgIpc) is 3.61. The van der Waals surface area contributed by atoms with Crippen LogP contribution in [0.15, 0.2) is 53.5 Å². The topological polar surface area (TPSA) is 83.0 Å². The smallest absolute Gasteiger partial charge is 0.416 e. The number of nitrogens with zero attached hydrogens (tertiary/aromatic N) is 2. The number of halogens is 6. The van der Waals surface area contributed by atoms with Gasteiger partial charge in [0.2, 0.25) is 0 Å². The molecular formula is C28H20ClF5N4O3. The standard InChI is InChI=1S/C28H20ClF5N4O3/c29-21-4-3-15(30)9-19(21)24-23-20(26(40)37-24)10-17(35-27-38-5-1-2-18(38)12-41-27)11-22(23)36-25(39)13-6-14(28(32,33)34)8-16(31)7-13/h3-4,6-11,18,24H,1-2,5,12H2,(H,36,39)(H,37,40)/t18-,24?/m1/s1. The molecule has 0 spiro atoms. The van der Waals surface area contributed by atoms with Gasteiger partial charge in [-0.05, 0) is 61.4 Å². The summed E-state index contributed by atoms with van der Waals surface area (Å²) in [6.45, 7) is 1.19. The number of carbonyl (C=O) groups excluding carboxylic acids is 2. The molecule has 6 rings (SSSR count). The third kappa shape index (κ3) is 5.08. The predicted octanol–water partition coefficient (Wildman–Crippen LogP) is 6.20. The Morgan fingerprint density at radius 3 is 2.68 bits per heavy atom. The maximum absolute atomic E-state index is 14.2. The van der Waals surface area contributed by atoms with Crippen LogP contribution in [-0.4, -0.2) is 41.9 Å². The van der Waals surface area contributed by atoms with Crippen molar-refractivity contribution in [3.63, 3.8) is 0 Å². The monoisotopic (exact) mass is 590 g/mol. The van der Waals surface area contributed by atoms with E-state index >= 15 is 0 Å². The maximum Gasteiger partial charge on any atom is 0.416 e. The molecule has 41 heavy (non-hydrogen) atoms. The molecule has 3 aromatic carbocycles. The number of aliphatic imine (C=N–C) groups is 1. The molecule has 3 aliphatic rings. The van der Waals surface area contributed by atoms with Crippen molar-refractivity contribution in [2.75, 3.05) is 18.5 Å². The van der Waals surface area contributed by atoms with Crippen LogP contribution < -0.4 is 10.6 Å². The lowest BCUT2D eigenvalue weighted by Gasteiger charge is -2.19. The first kappa shape index (κ1) is 27.0. The van der Waals surface area contributed by atoms with Crippen molar-refractivity contribution in [3.05, 3.63) is 93.0 Å². The Balaban J connectivity index is 1.46. The van der Waals surface area contributed by atoms with Gasteiger partial charge in [0, 0.05) is 39.5 Å². The van der Waals surface area contributed by atoms with Crippen LogP contribution in [-0.2, 0) is 10.9 Å². The number of amides is 2. The average molecular weight is 591 g/mol. The van der Waals surface area contributed by atoms with Gasteiger partial charge in [0.15, 0.2) is 0 Å². The zero-order valence-electron chi connectivity index (χ0n) is 21.0. The van der Waals surface area contributed by atoms with E-state index in [1.165, 1.54) is 18.2 Å². The fourth-order valence-electron chi connectivity index (χ4n) is 5.36. The molecular weight excluding hydrogens is 571 g/mol. The Morgan fingerprint density at radius 1 is 1.10 bits per heavy atom. The molecule has 2 saturated heterocycles. The van der Waals surface area contributed by atoms with Gasteiger partial charge in [-0.1, -0.05) is 11.6 Å². The minimum absolute atomic E-state index is 0.00989. The second kappa shape index (κ2) is 10.0. The van der Waals surface area contributed by atoms with Crippen molar-refractivity contribution in [1.82, 2.24) is 10.2 Å². The fraction of sp³-hybridized carbons (Fsp3) is 0.250. The largest absolute Gasteiger partial charge is 0.463 e. The van der Waals surface area contributed by atoms with Crippen molar-refractivity contribution in [2.45, 2.75) is 31.1 Å². The summed E-state index contributed by atoms with van der Waals surface area (Å²) in [5, 5.41) is 5.35. The number of hydrogen-bond donors (Lipinski definition) is 2. The summed E-state index contributed by atoms with van der Waals surface area (Å²) in [7, 11) is 0. The molecule has 0 radical (unpaired) electrons. The number of hydrogen-bond acceptors (Lipinski definition) is 4. The van der Waals surface area contributed by atoms with Crippen LogP contribution >= 0.6 is 11.6 Å². The molecule has 1 unspecified atom stereocenters. The van der Waals surface area contributed by atoms with E-state index in [-0.39, 0.29) is 45.2 Å². The van der Waals surface area contributed by atoms with E-state index in [2.05, 4.69) is 15.6 Å². The number of nitrogens with one attached hydrogen (secondary N) is 2. The first-order chi connectivity index (χ1) is 19.5. The lowest BCUT2D eigenvalue weighted by atomic mass is 9.95. The number of anilines is 1. The minimum Gasteiger partial charge on any atom is -0.463 e. The van der Waals surface area contributed by atoms with E-state index < -0.39 is 46.8 Å². The van der Waals surface area contributed by atoms with Crippen LogP contribution in [0, 0.1) is 11.6 Å². The van der Waals surface area contributed by atoms with E-state index in [9.17, 15) is 31.5 Å². The molecule has 3 aliphatic heterocycles. The second-order valence-electron chi connectivity index (χ2n) is 9.90. The summed E-state index contributed by atoms with van der Waals surface area (Å²) in [4.78, 5) is 32.8. The predicted molar refractivity (Wildman–Crippen MR) is 139 cm³/mol. The zero-order valence-corrected chi connectivity index (χ0v) is 21.7. The summed E-state index contributed by atoms with van der Waals surface area (Å²) in [5.41, 5.74) is -1.26. The number of benzene rings is 3. The van der Waals surface area contributed by atoms with Gasteiger partial charge < -0.3 is 20.3 Å². The van der Waals surface area contributed by atoms with Crippen molar-refractivity contribution < 1.29 is 36.3 Å². The van der Waals surface area contributed by atoms with Gasteiger partial charge in [0.25, 0.3) is 17.8 Å². The molecule has 2 fully saturated rings. The number of alkyl halides is 3. The van der Waals surface area contributed by atoms with Crippen LogP contribution in [0.1, 0.15) is 56.3 Å². The Labute approximate surface area is 234 Å². The second-order valence-corrected chi connectivity index (χ2v) is 10.3. The normalized spacial score (nSPS) is 20.6. The van der Waals surface area contributed by atoms with Gasteiger partial charge in [-0.2, -0.15) is 18.2 Å². The summed E-state index contributed by atoms with van der Waals surface area (Å²) in [6.07, 6.45) is -2.99. The van der Waals surface area contributed by atoms with Crippen molar-refractivity contribution in [3.8, 4) is 0 Å². The lowest BCUT2D eigenvalue weighted by molar-refractivity contribution is -0.137. The van der Waals surface area contributed by atoms with E-state index in [1.54, 1.807) is 0 Å². The Bertz CT molecular complexity index is 1630. The van der Waals surface area contributed by atoms with Crippen molar-refractivity contribution in [1.29, 1.82) is 0 Å². The molecule has 3 aromatic rings. The molecule has 212 valence electrons. The summed E-state index contributed by atoms with van der Waals surface area (Å²) in [6, 6.07) is 7.44. The third-order valence-electron chi connectivity index (χ3n) is 7.23. The number of ether oxygens (including phenoxy) is 1. The van der Waals surface area contributed by atoms with Crippen molar-refractivity contribution >= 4 is 40.8 Å². The number of amidine groups is 1. The fourth-order valence-corrected chi connectivity index (χ4v) is 5.58. The molecule has 3 heterocycles. The molecule has 0 saturated carbocycles. The maximum atomic E-state index is 14.2. The highest BCUT2D eigenvalue weighted by molar-refractivity contribution is 6.31. The van der Waals surface area contributed by atoms with E-state index in [0.29, 0.717) is 24.8 Å². The highest BCUT2D eigenvalue weighted by atomic mass is 35.5. The van der Waals surface area contributed by atoms with Gasteiger partial charge in [-0.15, -0.1) is 0 Å². The van der Waals surface area contributed by atoms with Crippen LogP contribution in [0.3, 0.4) is 0 Å². The minimum atomic E-state index is -4.89. The van der Waals surface area contributed by atoms with Crippen LogP contribution in [0.25, 0.3) is 0 Å². The Morgan fingerprint density at radius 2 is 1.90 bits per heavy atom. The third-order valence-corrected chi connectivity index (χ3v) is 7.57. The molecule has 13 heteroatoms. The quantitative estimate of drug-likeness (QED) is 0.354. The molecule has 0 bridgehead atoms. The summed E-state index contributed by atoms with van der Waals surface area (Å²) in [5.74, 6) is -3.52. The SMILES string of the molecule is O=C(Nc1cc(N=C2OC[C@H]3CCCN23)cc2c1C(c1cc(F)ccc1Cl)NC2=O)c1cc(F)cc(C(F)(F)F)c1. The molecule has 0 aliphatic carbocycles. The molecule has 2 N–H and O–H groups in total. The lowest BCUT2D eigenvalue weighted by Crippen LogP contribution is -2.27. The highest BCUT2D eigenvalue weighted by Gasteiger charge is 2.38. The number of carbonyl (C=O) groups is 2. The van der Waals surface area contributed by atoms with E-state index in [4.69, 9.17) is 16.3 Å². The van der Waals surface area contributed by atoms with Crippen LogP contribution in [0.5, 0.6) is 0 Å². The first-order valence-electron chi connectivity index (χ1n) is 12.6. The zero-order chi connectivity index (χ0) is 29.1. The Hall–Kier alpha value is -4.19. The highest BCUT2D eigenvalue weighted by Crippen LogP contribution is 2.42. The first-order valence-corrected chi connectivity index (χ1v) is 13.0. The van der Waals surface area contributed by atoms with Gasteiger partial charge in [-0.25, -0.2) is 8.78 Å². The number of rotatable bonds is 4. The van der Waals surface area contributed by atoms with Gasteiger partial charge in [0.1, 0.15) is 18.2 Å². The van der Waals surface area contributed by atoms with E-state index in [1.807, 2.05) is 4.90 Å². The molecule has 2 atom stereocenters. The van der Waals surface area contributed by atoms with Gasteiger partial charge in [0.05, 0.1) is 23.3 Å². The van der Waals surface area contributed by atoms with Crippen LogP contribution in [0.4, 0.5) is 33.3 Å².